The minimum absolute atomic E-state index is 0.00155. The first-order valence-corrected chi connectivity index (χ1v) is 9.43. The van der Waals surface area contributed by atoms with Crippen LogP contribution in [0.3, 0.4) is 0 Å². The van der Waals surface area contributed by atoms with Crippen molar-refractivity contribution >= 4 is 43.1 Å². The summed E-state index contributed by atoms with van der Waals surface area (Å²) in [4.78, 5) is -0.0359. The summed E-state index contributed by atoms with van der Waals surface area (Å²) in [6, 6.07) is 3.34. The molecule has 1 heterocycles. The van der Waals surface area contributed by atoms with Crippen LogP contribution < -0.4 is 4.72 Å². The molecule has 0 aliphatic carbocycles. The molecule has 0 radical (unpaired) electrons. The van der Waals surface area contributed by atoms with Crippen LogP contribution in [0.5, 0.6) is 0 Å². The van der Waals surface area contributed by atoms with E-state index in [9.17, 15) is 16.8 Å². The second-order valence-electron chi connectivity index (χ2n) is 4.30. The smallest absolute Gasteiger partial charge is 0.229 e. The zero-order chi connectivity index (χ0) is 14.3. The van der Waals surface area contributed by atoms with Gasteiger partial charge >= 0.3 is 0 Å². The van der Waals surface area contributed by atoms with Crippen LogP contribution in [0.2, 0.25) is 10.0 Å². The maximum Gasteiger partial charge on any atom is 0.240 e. The molecule has 0 aromatic heterocycles. The van der Waals surface area contributed by atoms with E-state index < -0.39 is 25.9 Å². The minimum atomic E-state index is -3.79. The summed E-state index contributed by atoms with van der Waals surface area (Å²) < 4.78 is 49.1. The molecule has 0 spiro atoms. The van der Waals surface area contributed by atoms with E-state index in [0.717, 1.165) is 0 Å². The maximum absolute atomic E-state index is 12.1. The predicted octanol–water partition coefficient (Wildman–Crippen LogP) is 1.46. The van der Waals surface area contributed by atoms with Crippen molar-refractivity contribution in [1.82, 2.24) is 4.72 Å². The summed E-state index contributed by atoms with van der Waals surface area (Å²) in [5.41, 5.74) is 0. The molecule has 0 amide bonds. The number of sulfonamides is 1. The highest BCUT2D eigenvalue weighted by Gasteiger charge is 2.31. The van der Waals surface area contributed by atoms with Gasteiger partial charge in [0.05, 0.1) is 26.4 Å². The lowest BCUT2D eigenvalue weighted by Gasteiger charge is -2.12. The van der Waals surface area contributed by atoms with Crippen molar-refractivity contribution in [3.8, 4) is 0 Å². The molecule has 1 aliphatic heterocycles. The number of sulfone groups is 1. The lowest BCUT2D eigenvalue weighted by molar-refractivity contribution is 0.562. The Morgan fingerprint density at radius 1 is 1.21 bits per heavy atom. The van der Waals surface area contributed by atoms with Gasteiger partial charge in [0.1, 0.15) is 0 Å². The Bertz CT molecular complexity index is 700. The van der Waals surface area contributed by atoms with Gasteiger partial charge in [0, 0.05) is 6.04 Å². The van der Waals surface area contributed by atoms with Gasteiger partial charge in [-0.3, -0.25) is 0 Å². The van der Waals surface area contributed by atoms with Crippen LogP contribution in [-0.2, 0) is 19.9 Å². The van der Waals surface area contributed by atoms with E-state index in [-0.39, 0.29) is 32.9 Å². The summed E-state index contributed by atoms with van der Waals surface area (Å²) in [5.74, 6) is -0.172. The fourth-order valence-corrected chi connectivity index (χ4v) is 5.26. The number of hydrogen-bond donors (Lipinski definition) is 1. The first-order valence-electron chi connectivity index (χ1n) is 5.37. The summed E-state index contributed by atoms with van der Waals surface area (Å²) in [7, 11) is -6.93. The quantitative estimate of drug-likeness (QED) is 0.900. The van der Waals surface area contributed by atoms with E-state index in [1.807, 2.05) is 0 Å². The topological polar surface area (TPSA) is 80.3 Å². The average molecular weight is 344 g/mol. The third-order valence-corrected chi connectivity index (χ3v) is 6.78. The highest BCUT2D eigenvalue weighted by atomic mass is 35.5. The van der Waals surface area contributed by atoms with Crippen molar-refractivity contribution in [3.63, 3.8) is 0 Å². The fourth-order valence-electron chi connectivity index (χ4n) is 1.82. The van der Waals surface area contributed by atoms with E-state index in [4.69, 9.17) is 23.2 Å². The van der Waals surface area contributed by atoms with E-state index >= 15 is 0 Å². The highest BCUT2D eigenvalue weighted by Crippen LogP contribution is 2.25. The molecule has 1 aromatic carbocycles. The molecule has 0 saturated carbocycles. The van der Waals surface area contributed by atoms with Crippen LogP contribution in [0.1, 0.15) is 6.42 Å². The van der Waals surface area contributed by atoms with Gasteiger partial charge in [0.25, 0.3) is 0 Å². The van der Waals surface area contributed by atoms with Crippen molar-refractivity contribution in [3.05, 3.63) is 28.2 Å². The predicted molar refractivity (Wildman–Crippen MR) is 73.8 cm³/mol. The number of rotatable bonds is 3. The molecular weight excluding hydrogens is 333 g/mol. The van der Waals surface area contributed by atoms with E-state index in [1.54, 1.807) is 0 Å². The van der Waals surface area contributed by atoms with E-state index in [0.29, 0.717) is 0 Å². The van der Waals surface area contributed by atoms with Gasteiger partial charge < -0.3 is 0 Å². The van der Waals surface area contributed by atoms with Gasteiger partial charge in [0.15, 0.2) is 9.84 Å². The largest absolute Gasteiger partial charge is 0.240 e. The second kappa shape index (κ2) is 5.21. The van der Waals surface area contributed by atoms with Gasteiger partial charge in [-0.15, -0.1) is 0 Å². The minimum Gasteiger partial charge on any atom is -0.229 e. The van der Waals surface area contributed by atoms with Crippen molar-refractivity contribution in [2.75, 3.05) is 11.5 Å². The van der Waals surface area contributed by atoms with Crippen molar-refractivity contribution in [1.29, 1.82) is 0 Å². The molecule has 1 N–H and O–H groups in total. The van der Waals surface area contributed by atoms with Gasteiger partial charge in [-0.05, 0) is 24.6 Å². The molecule has 0 unspecified atom stereocenters. The molecule has 1 saturated heterocycles. The van der Waals surface area contributed by atoms with Crippen LogP contribution in [0.4, 0.5) is 0 Å². The molecule has 1 aliphatic rings. The third-order valence-electron chi connectivity index (χ3n) is 2.76. The Hall–Kier alpha value is -0.340. The second-order valence-corrected chi connectivity index (χ2v) is 9.05. The fraction of sp³-hybridized carbons (Fsp3) is 0.400. The Balaban J connectivity index is 2.21. The number of benzene rings is 1. The zero-order valence-electron chi connectivity index (χ0n) is 9.64. The Morgan fingerprint density at radius 2 is 1.89 bits per heavy atom. The lowest BCUT2D eigenvalue weighted by Crippen LogP contribution is -2.35. The molecule has 106 valence electrons. The van der Waals surface area contributed by atoms with Crippen molar-refractivity contribution in [2.45, 2.75) is 17.4 Å². The van der Waals surface area contributed by atoms with Crippen LogP contribution in [0.15, 0.2) is 23.1 Å². The van der Waals surface area contributed by atoms with Crippen LogP contribution in [-0.4, -0.2) is 34.4 Å². The summed E-state index contributed by atoms with van der Waals surface area (Å²) in [6.07, 6.45) is 0.281. The first kappa shape index (κ1) is 15.1. The lowest BCUT2D eigenvalue weighted by atomic mass is 10.3. The van der Waals surface area contributed by atoms with Crippen LogP contribution >= 0.6 is 23.2 Å². The van der Waals surface area contributed by atoms with E-state index in [1.165, 1.54) is 18.2 Å². The molecule has 1 aromatic rings. The van der Waals surface area contributed by atoms with E-state index in [2.05, 4.69) is 4.72 Å². The van der Waals surface area contributed by atoms with Gasteiger partial charge in [-0.25, -0.2) is 21.6 Å². The molecule has 2 rings (SSSR count). The molecule has 5 nitrogen and oxygen atoms in total. The highest BCUT2D eigenvalue weighted by molar-refractivity contribution is 7.92. The Kier molecular flexibility index (Phi) is 4.13. The normalized spacial score (nSPS) is 22.5. The molecular formula is C10H11Cl2NO4S2. The molecule has 1 atom stereocenters. The summed E-state index contributed by atoms with van der Waals surface area (Å²) in [6.45, 7) is 0. The van der Waals surface area contributed by atoms with Crippen LogP contribution in [0.25, 0.3) is 0 Å². The molecule has 0 bridgehead atoms. The van der Waals surface area contributed by atoms with Gasteiger partial charge in [-0.2, -0.15) is 0 Å². The molecule has 19 heavy (non-hydrogen) atoms. The first-order chi connectivity index (χ1) is 8.70. The Labute approximate surface area is 121 Å². The average Bonchev–Trinajstić information content (AvgIpc) is 2.61. The number of hydrogen-bond acceptors (Lipinski definition) is 4. The Morgan fingerprint density at radius 3 is 2.42 bits per heavy atom. The zero-order valence-corrected chi connectivity index (χ0v) is 12.8. The molecule has 1 fully saturated rings. The van der Waals surface area contributed by atoms with Crippen molar-refractivity contribution < 1.29 is 16.8 Å². The number of halogens is 2. The van der Waals surface area contributed by atoms with Crippen LogP contribution in [0, 0.1) is 0 Å². The summed E-state index contributed by atoms with van der Waals surface area (Å²) in [5, 5.41) is 0.382. The standard InChI is InChI=1S/C10H11Cl2NO4S2/c11-9-2-1-8(5-10(9)12)19(16,17)13-7-3-4-18(14,15)6-7/h1-2,5,7,13H,3-4,6H2/t7-/m1/s1. The maximum atomic E-state index is 12.1. The monoisotopic (exact) mass is 343 g/mol. The molecule has 9 heteroatoms. The number of nitrogens with one attached hydrogen (secondary N) is 1. The van der Waals surface area contributed by atoms with Crippen molar-refractivity contribution in [2.24, 2.45) is 0 Å². The van der Waals surface area contributed by atoms with Gasteiger partial charge in [0.2, 0.25) is 10.0 Å². The summed E-state index contributed by atoms with van der Waals surface area (Å²) >= 11 is 11.5. The third kappa shape index (κ3) is 3.61. The SMILES string of the molecule is O=S1(=O)CC[C@@H](NS(=O)(=O)c2ccc(Cl)c(Cl)c2)C1. The van der Waals surface area contributed by atoms with Gasteiger partial charge in [-0.1, -0.05) is 23.2 Å².